The Balaban J connectivity index is 1.37. The fourth-order valence-electron chi connectivity index (χ4n) is 2.55. The average molecular weight is 438 g/mol. The van der Waals surface area contributed by atoms with E-state index in [2.05, 4.69) is 25.7 Å². The molecule has 0 aliphatic carbocycles. The molecule has 0 fully saturated rings. The van der Waals surface area contributed by atoms with E-state index in [1.165, 1.54) is 17.4 Å². The van der Waals surface area contributed by atoms with E-state index in [-0.39, 0.29) is 12.4 Å². The Kier molecular flexibility index (Phi) is 5.56. The van der Waals surface area contributed by atoms with Crippen LogP contribution >= 0.6 is 34.5 Å². The van der Waals surface area contributed by atoms with Crippen molar-refractivity contribution >= 4 is 45.5 Å². The second-order valence-corrected chi connectivity index (χ2v) is 7.80. The van der Waals surface area contributed by atoms with Crippen LogP contribution in [0.15, 0.2) is 42.9 Å². The molecule has 0 aliphatic heterocycles. The van der Waals surface area contributed by atoms with Crippen molar-refractivity contribution in [1.29, 1.82) is 0 Å². The van der Waals surface area contributed by atoms with Crippen molar-refractivity contribution < 1.29 is 4.39 Å². The minimum absolute atomic E-state index is 0.237. The van der Waals surface area contributed by atoms with Gasteiger partial charge in [-0.1, -0.05) is 40.6 Å². The molecule has 4 aromatic rings. The molecule has 0 bridgehead atoms. The summed E-state index contributed by atoms with van der Waals surface area (Å²) in [5, 5.41) is 22.4. The second kappa shape index (κ2) is 8.26. The van der Waals surface area contributed by atoms with Crippen molar-refractivity contribution in [3.63, 3.8) is 0 Å². The number of aromatic nitrogens is 6. The van der Waals surface area contributed by atoms with E-state index in [1.54, 1.807) is 46.2 Å². The van der Waals surface area contributed by atoms with Gasteiger partial charge in [-0.3, -0.25) is 9.36 Å². The monoisotopic (exact) mass is 437 g/mol. The summed E-state index contributed by atoms with van der Waals surface area (Å²) < 4.78 is 17.3. The number of halogens is 3. The number of benzene rings is 1. The Morgan fingerprint density at radius 1 is 1.14 bits per heavy atom. The Bertz CT molecular complexity index is 1070. The number of nitrogens with one attached hydrogen (secondary N) is 1. The van der Waals surface area contributed by atoms with Crippen molar-refractivity contribution in [2.24, 2.45) is 0 Å². The van der Waals surface area contributed by atoms with Gasteiger partial charge in [-0.25, -0.2) is 4.39 Å². The molecule has 1 N–H and O–H groups in total. The standard InChI is InChI=1S/C17H14Cl2FN7S/c18-11-8-21-26(9-11)7-5-16-23-24-17(28-16)22-15-4-6-27(25-15)10-12-13(19)2-1-3-14(12)20/h1-4,6,8-9H,5,7,10H2,(H,22,24,25). The zero-order valence-electron chi connectivity index (χ0n) is 14.4. The van der Waals surface area contributed by atoms with Gasteiger partial charge in [-0.2, -0.15) is 10.2 Å². The van der Waals surface area contributed by atoms with Crippen LogP contribution in [-0.2, 0) is 19.5 Å². The molecule has 0 atom stereocenters. The predicted octanol–water partition coefficient (Wildman–Crippen LogP) is 4.41. The van der Waals surface area contributed by atoms with Crippen molar-refractivity contribution in [3.8, 4) is 0 Å². The van der Waals surface area contributed by atoms with Gasteiger partial charge in [-0.05, 0) is 12.1 Å². The molecule has 0 saturated heterocycles. The highest BCUT2D eigenvalue weighted by Gasteiger charge is 2.10. The largest absolute Gasteiger partial charge is 0.313 e. The van der Waals surface area contributed by atoms with Crippen LogP contribution in [-0.4, -0.2) is 29.8 Å². The van der Waals surface area contributed by atoms with E-state index in [0.29, 0.717) is 39.5 Å². The van der Waals surface area contributed by atoms with Gasteiger partial charge in [-0.15, -0.1) is 10.2 Å². The first-order valence-corrected chi connectivity index (χ1v) is 9.88. The van der Waals surface area contributed by atoms with Gasteiger partial charge in [0.05, 0.1) is 17.8 Å². The molecular weight excluding hydrogens is 424 g/mol. The third-order valence-corrected chi connectivity index (χ3v) is 5.33. The molecule has 28 heavy (non-hydrogen) atoms. The third kappa shape index (κ3) is 4.49. The highest BCUT2D eigenvalue weighted by atomic mass is 35.5. The molecule has 3 heterocycles. The lowest BCUT2D eigenvalue weighted by Gasteiger charge is -2.05. The Hall–Kier alpha value is -2.49. The summed E-state index contributed by atoms with van der Waals surface area (Å²) in [6, 6.07) is 6.39. The summed E-state index contributed by atoms with van der Waals surface area (Å²) in [5.41, 5.74) is 0.399. The average Bonchev–Trinajstić information content (AvgIpc) is 3.39. The minimum Gasteiger partial charge on any atom is -0.313 e. The number of nitrogens with zero attached hydrogens (tertiary/aromatic N) is 6. The molecule has 0 unspecified atom stereocenters. The van der Waals surface area contributed by atoms with Crippen molar-refractivity contribution in [2.75, 3.05) is 5.32 Å². The number of anilines is 2. The molecule has 0 amide bonds. The van der Waals surface area contributed by atoms with Crippen LogP contribution in [0.4, 0.5) is 15.3 Å². The molecule has 0 radical (unpaired) electrons. The molecule has 0 spiro atoms. The number of hydrogen-bond donors (Lipinski definition) is 1. The lowest BCUT2D eigenvalue weighted by atomic mass is 10.2. The van der Waals surface area contributed by atoms with Crippen LogP contribution in [0.5, 0.6) is 0 Å². The summed E-state index contributed by atoms with van der Waals surface area (Å²) in [6.45, 7) is 0.903. The summed E-state index contributed by atoms with van der Waals surface area (Å²) in [4.78, 5) is 0. The van der Waals surface area contributed by atoms with Crippen molar-refractivity contribution in [1.82, 2.24) is 29.8 Å². The fourth-order valence-corrected chi connectivity index (χ4v) is 3.66. The van der Waals surface area contributed by atoms with E-state index in [1.807, 2.05) is 0 Å². The van der Waals surface area contributed by atoms with E-state index < -0.39 is 0 Å². The molecule has 1 aromatic carbocycles. The topological polar surface area (TPSA) is 73.5 Å². The maximum absolute atomic E-state index is 13.9. The summed E-state index contributed by atoms with van der Waals surface area (Å²) in [5.74, 6) is 0.235. The van der Waals surface area contributed by atoms with Gasteiger partial charge < -0.3 is 5.32 Å². The van der Waals surface area contributed by atoms with Gasteiger partial charge in [0.15, 0.2) is 5.82 Å². The molecule has 11 heteroatoms. The van der Waals surface area contributed by atoms with Crippen LogP contribution in [0, 0.1) is 5.82 Å². The molecule has 0 aliphatic rings. The number of aryl methyl sites for hydroxylation is 2. The zero-order chi connectivity index (χ0) is 19.5. The van der Waals surface area contributed by atoms with E-state index in [0.717, 1.165) is 5.01 Å². The molecule has 7 nitrogen and oxygen atoms in total. The number of rotatable bonds is 7. The normalized spacial score (nSPS) is 11.1. The SMILES string of the molecule is Fc1cccc(Cl)c1Cn1ccc(Nc2nnc(CCn3cc(Cl)cn3)s2)n1. The van der Waals surface area contributed by atoms with Gasteiger partial charge in [0.1, 0.15) is 10.8 Å². The van der Waals surface area contributed by atoms with Crippen molar-refractivity contribution in [3.05, 3.63) is 69.3 Å². The molecular formula is C17H14Cl2FN7S. The quantitative estimate of drug-likeness (QED) is 0.463. The predicted molar refractivity (Wildman–Crippen MR) is 107 cm³/mol. The van der Waals surface area contributed by atoms with Crippen LogP contribution in [0.1, 0.15) is 10.6 Å². The first kappa shape index (κ1) is 18.9. The third-order valence-electron chi connectivity index (χ3n) is 3.88. The highest BCUT2D eigenvalue weighted by Crippen LogP contribution is 2.22. The summed E-state index contributed by atoms with van der Waals surface area (Å²) in [7, 11) is 0. The first-order chi connectivity index (χ1) is 13.6. The van der Waals surface area contributed by atoms with E-state index >= 15 is 0 Å². The first-order valence-electron chi connectivity index (χ1n) is 8.30. The molecule has 0 saturated carbocycles. The maximum Gasteiger partial charge on any atom is 0.211 e. The van der Waals surface area contributed by atoms with Crippen LogP contribution in [0.3, 0.4) is 0 Å². The van der Waals surface area contributed by atoms with Gasteiger partial charge in [0.2, 0.25) is 5.13 Å². The summed E-state index contributed by atoms with van der Waals surface area (Å²) >= 11 is 13.4. The van der Waals surface area contributed by atoms with Crippen LogP contribution < -0.4 is 5.32 Å². The van der Waals surface area contributed by atoms with Crippen molar-refractivity contribution in [2.45, 2.75) is 19.5 Å². The van der Waals surface area contributed by atoms with E-state index in [9.17, 15) is 4.39 Å². The highest BCUT2D eigenvalue weighted by molar-refractivity contribution is 7.15. The lowest BCUT2D eigenvalue weighted by Crippen LogP contribution is -2.04. The molecule has 4 rings (SSSR count). The number of hydrogen-bond acceptors (Lipinski definition) is 6. The Morgan fingerprint density at radius 2 is 2.04 bits per heavy atom. The smallest absolute Gasteiger partial charge is 0.211 e. The van der Waals surface area contributed by atoms with Gasteiger partial charge in [0.25, 0.3) is 0 Å². The molecule has 3 aromatic heterocycles. The zero-order valence-corrected chi connectivity index (χ0v) is 16.7. The minimum atomic E-state index is -0.357. The lowest BCUT2D eigenvalue weighted by molar-refractivity contribution is 0.586. The van der Waals surface area contributed by atoms with E-state index in [4.69, 9.17) is 23.2 Å². The van der Waals surface area contributed by atoms with Crippen LogP contribution in [0.25, 0.3) is 0 Å². The maximum atomic E-state index is 13.9. The van der Waals surface area contributed by atoms with Gasteiger partial charge >= 0.3 is 0 Å². The summed E-state index contributed by atoms with van der Waals surface area (Å²) in [6.07, 6.45) is 5.79. The Labute approximate surface area is 173 Å². The van der Waals surface area contributed by atoms with Gasteiger partial charge in [0, 0.05) is 42.0 Å². The fraction of sp³-hybridized carbons (Fsp3) is 0.176. The Morgan fingerprint density at radius 3 is 2.82 bits per heavy atom. The molecule has 144 valence electrons. The second-order valence-electron chi connectivity index (χ2n) is 5.90. The van der Waals surface area contributed by atoms with Crippen LogP contribution in [0.2, 0.25) is 10.0 Å².